The third kappa shape index (κ3) is 2.63. The van der Waals surface area contributed by atoms with E-state index >= 15 is 0 Å². The van der Waals surface area contributed by atoms with Gasteiger partial charge >= 0.3 is 0 Å². The summed E-state index contributed by atoms with van der Waals surface area (Å²) in [6.07, 6.45) is 1.82. The van der Waals surface area contributed by atoms with Crippen LogP contribution in [0.4, 0.5) is 8.78 Å². The molecule has 0 aliphatic heterocycles. The average molecular weight is 298 g/mol. The zero-order chi connectivity index (χ0) is 15.7. The molecule has 1 heterocycles. The van der Waals surface area contributed by atoms with Crippen molar-refractivity contribution in [3.8, 4) is 0 Å². The smallest absolute Gasteiger partial charge is 0.173 e. The fraction of sp³-hybridized carbons (Fsp3) is 0.0625. The number of amidine groups is 1. The van der Waals surface area contributed by atoms with E-state index in [-0.39, 0.29) is 5.84 Å². The van der Waals surface area contributed by atoms with E-state index in [9.17, 15) is 8.78 Å². The zero-order valence-electron chi connectivity index (χ0n) is 11.5. The van der Waals surface area contributed by atoms with Crippen molar-refractivity contribution >= 4 is 16.7 Å². The molecule has 0 unspecified atom stereocenters. The van der Waals surface area contributed by atoms with Crippen molar-refractivity contribution in [2.45, 2.75) is 6.54 Å². The first-order valence-corrected chi connectivity index (χ1v) is 6.57. The van der Waals surface area contributed by atoms with Crippen LogP contribution in [0.25, 0.3) is 10.9 Å². The Kier molecular flexibility index (Phi) is 3.50. The van der Waals surface area contributed by atoms with Crippen LogP contribution in [-0.4, -0.2) is 10.4 Å². The molecule has 22 heavy (non-hydrogen) atoms. The van der Waals surface area contributed by atoms with Gasteiger partial charge in [0.25, 0.3) is 0 Å². The van der Waals surface area contributed by atoms with E-state index in [4.69, 9.17) is 10.9 Å². The molecule has 0 saturated heterocycles. The highest BCUT2D eigenvalue weighted by Crippen LogP contribution is 2.20. The third-order valence-corrected chi connectivity index (χ3v) is 3.43. The molecule has 4 nitrogen and oxygen atoms in total. The lowest BCUT2D eigenvalue weighted by Gasteiger charge is -2.07. The number of hydrogen-bond donors (Lipinski definition) is 2. The van der Waals surface area contributed by atoms with E-state index in [1.54, 1.807) is 18.2 Å². The van der Waals surface area contributed by atoms with E-state index in [1.807, 2.05) is 16.8 Å². The summed E-state index contributed by atoms with van der Waals surface area (Å²) in [7, 11) is 0. The molecular weight excluding hydrogens is 286 g/mol. The maximum absolute atomic E-state index is 13.3. The zero-order valence-corrected chi connectivity index (χ0v) is 11.5. The van der Waals surface area contributed by atoms with Gasteiger partial charge in [-0.05, 0) is 42.0 Å². The van der Waals surface area contributed by atoms with Crippen molar-refractivity contribution in [2.24, 2.45) is 5.11 Å². The summed E-state index contributed by atoms with van der Waals surface area (Å²) in [5.41, 5.74) is 8.84. The normalized spacial score (nSPS) is 10.8. The van der Waals surface area contributed by atoms with Gasteiger partial charge in [0.15, 0.2) is 5.84 Å². The second-order valence-corrected chi connectivity index (χ2v) is 4.96. The molecule has 6 heteroatoms. The second kappa shape index (κ2) is 5.48. The van der Waals surface area contributed by atoms with Gasteiger partial charge in [-0.15, -0.1) is 5.11 Å². The van der Waals surface area contributed by atoms with Gasteiger partial charge in [0.05, 0.1) is 0 Å². The minimum atomic E-state index is -0.598. The summed E-state index contributed by atoms with van der Waals surface area (Å²) in [5, 5.41) is 11.5. The maximum atomic E-state index is 13.3. The summed E-state index contributed by atoms with van der Waals surface area (Å²) < 4.78 is 28.4. The predicted octanol–water partition coefficient (Wildman–Crippen LogP) is 4.32. The van der Waals surface area contributed by atoms with Crippen molar-refractivity contribution in [3.63, 3.8) is 0 Å². The van der Waals surface area contributed by atoms with Crippen molar-refractivity contribution in [1.29, 1.82) is 10.9 Å². The minimum absolute atomic E-state index is 0.109. The van der Waals surface area contributed by atoms with Crippen LogP contribution in [-0.2, 0) is 6.54 Å². The van der Waals surface area contributed by atoms with Crippen LogP contribution in [0.15, 0.2) is 53.8 Å². The molecule has 0 radical (unpaired) electrons. The topological polar surface area (TPSA) is 65.0 Å². The second-order valence-electron chi connectivity index (χ2n) is 4.96. The Morgan fingerprint density at radius 3 is 2.45 bits per heavy atom. The summed E-state index contributed by atoms with van der Waals surface area (Å²) in [5.74, 6) is -1.31. The van der Waals surface area contributed by atoms with Crippen LogP contribution >= 0.6 is 0 Å². The summed E-state index contributed by atoms with van der Waals surface area (Å²) in [6, 6.07) is 10.6. The Hall–Kier alpha value is -2.89. The van der Waals surface area contributed by atoms with E-state index in [2.05, 4.69) is 5.11 Å². The molecule has 0 bridgehead atoms. The largest absolute Gasteiger partial charge is 0.343 e. The number of hydrogen-bond acceptors (Lipinski definition) is 2. The van der Waals surface area contributed by atoms with E-state index in [0.717, 1.165) is 17.0 Å². The van der Waals surface area contributed by atoms with Gasteiger partial charge in [-0.2, -0.15) is 0 Å². The van der Waals surface area contributed by atoms with E-state index < -0.39 is 11.6 Å². The fourth-order valence-corrected chi connectivity index (χ4v) is 2.45. The Morgan fingerprint density at radius 2 is 1.77 bits per heavy atom. The quantitative estimate of drug-likeness (QED) is 0.411. The van der Waals surface area contributed by atoms with Gasteiger partial charge in [-0.25, -0.2) is 14.3 Å². The number of nitrogens with one attached hydrogen (secondary N) is 2. The van der Waals surface area contributed by atoms with Crippen LogP contribution < -0.4 is 0 Å². The summed E-state index contributed by atoms with van der Waals surface area (Å²) in [6.45, 7) is 0.345. The van der Waals surface area contributed by atoms with Crippen molar-refractivity contribution in [1.82, 2.24) is 4.57 Å². The van der Waals surface area contributed by atoms with Crippen LogP contribution in [0.2, 0.25) is 0 Å². The summed E-state index contributed by atoms with van der Waals surface area (Å²) >= 11 is 0. The number of aromatic nitrogens is 1. The van der Waals surface area contributed by atoms with Gasteiger partial charge in [-0.1, -0.05) is 0 Å². The lowest BCUT2D eigenvalue weighted by Crippen LogP contribution is -2.00. The maximum Gasteiger partial charge on any atom is 0.173 e. The predicted molar refractivity (Wildman–Crippen MR) is 79.4 cm³/mol. The van der Waals surface area contributed by atoms with Crippen molar-refractivity contribution in [2.75, 3.05) is 0 Å². The standard InChI is InChI=1S/C16H12F2N4/c17-13-5-10(6-14(18)8-13)9-22-4-3-11-7-12(16(19)21-20)1-2-15(11)22/h1-8,19-20H,9H2. The molecule has 1 aromatic heterocycles. The van der Waals surface area contributed by atoms with Gasteiger partial charge in [0.1, 0.15) is 11.6 Å². The van der Waals surface area contributed by atoms with Crippen molar-refractivity contribution < 1.29 is 8.78 Å². The van der Waals surface area contributed by atoms with E-state index in [1.165, 1.54) is 12.1 Å². The minimum Gasteiger partial charge on any atom is -0.343 e. The highest BCUT2D eigenvalue weighted by Gasteiger charge is 2.07. The Bertz CT molecular complexity index is 863. The molecular formula is C16H12F2N4. The number of halogens is 2. The lowest BCUT2D eigenvalue weighted by atomic mass is 10.1. The van der Waals surface area contributed by atoms with Crippen LogP contribution in [0.5, 0.6) is 0 Å². The fourth-order valence-electron chi connectivity index (χ4n) is 2.45. The number of rotatable bonds is 3. The van der Waals surface area contributed by atoms with Gasteiger partial charge < -0.3 is 4.57 Å². The molecule has 0 saturated carbocycles. The molecule has 0 aliphatic carbocycles. The van der Waals surface area contributed by atoms with E-state index in [0.29, 0.717) is 17.7 Å². The van der Waals surface area contributed by atoms with Gasteiger partial charge in [-0.3, -0.25) is 5.41 Å². The van der Waals surface area contributed by atoms with Gasteiger partial charge in [0, 0.05) is 35.3 Å². The Balaban J connectivity index is 1.98. The molecule has 2 aromatic carbocycles. The molecule has 0 atom stereocenters. The Morgan fingerprint density at radius 1 is 1.05 bits per heavy atom. The Labute approximate surface area is 125 Å². The average Bonchev–Trinajstić information content (AvgIpc) is 2.87. The molecule has 110 valence electrons. The molecule has 3 aromatic rings. The number of fused-ring (bicyclic) bond motifs is 1. The first-order valence-electron chi connectivity index (χ1n) is 6.57. The van der Waals surface area contributed by atoms with Crippen molar-refractivity contribution in [3.05, 3.63) is 71.4 Å². The third-order valence-electron chi connectivity index (χ3n) is 3.43. The molecule has 2 N–H and O–H groups in total. The molecule has 0 aliphatic rings. The highest BCUT2D eigenvalue weighted by atomic mass is 19.1. The SMILES string of the molecule is N=NC(=N)c1ccc2c(ccn2Cc2cc(F)cc(F)c2)c1. The summed E-state index contributed by atoms with van der Waals surface area (Å²) in [4.78, 5) is 0. The van der Waals surface area contributed by atoms with Crippen LogP contribution in [0.3, 0.4) is 0 Å². The molecule has 0 amide bonds. The first kappa shape index (κ1) is 14.1. The molecule has 0 fully saturated rings. The van der Waals surface area contributed by atoms with Crippen LogP contribution in [0, 0.1) is 22.6 Å². The van der Waals surface area contributed by atoms with Gasteiger partial charge in [0.2, 0.25) is 0 Å². The monoisotopic (exact) mass is 298 g/mol. The van der Waals surface area contributed by atoms with Crippen LogP contribution in [0.1, 0.15) is 11.1 Å². The highest BCUT2D eigenvalue weighted by molar-refractivity contribution is 5.99. The number of nitrogens with zero attached hydrogens (tertiary/aromatic N) is 2. The lowest BCUT2D eigenvalue weighted by molar-refractivity contribution is 0.578. The first-order chi connectivity index (χ1) is 10.6. The molecule has 0 spiro atoms. The molecule has 3 rings (SSSR count). The number of benzene rings is 2.